The number of aromatic nitrogens is 1. The van der Waals surface area contributed by atoms with Crippen LogP contribution in [0.1, 0.15) is 48.7 Å². The number of amides is 2. The zero-order valence-corrected chi connectivity index (χ0v) is 12.3. The molecule has 2 N–H and O–H groups in total. The lowest BCUT2D eigenvalue weighted by Crippen LogP contribution is -2.50. The van der Waals surface area contributed by atoms with Gasteiger partial charge in [-0.25, -0.2) is 4.98 Å². The topological polar surface area (TPSA) is 71.1 Å². The van der Waals surface area contributed by atoms with Crippen molar-refractivity contribution < 1.29 is 9.59 Å². The van der Waals surface area contributed by atoms with E-state index in [1.807, 2.05) is 13.8 Å². The van der Waals surface area contributed by atoms with Crippen molar-refractivity contribution in [2.75, 3.05) is 6.54 Å². The van der Waals surface area contributed by atoms with Crippen LogP contribution in [-0.2, 0) is 4.79 Å². The molecule has 1 aromatic rings. The van der Waals surface area contributed by atoms with Crippen LogP contribution in [0.15, 0.2) is 12.1 Å². The molecule has 1 unspecified atom stereocenters. The van der Waals surface area contributed by atoms with Crippen LogP contribution < -0.4 is 10.6 Å². The molecule has 1 aromatic heterocycles. The maximum Gasteiger partial charge on any atom is 0.252 e. The van der Waals surface area contributed by atoms with Gasteiger partial charge in [-0.1, -0.05) is 25.4 Å². The van der Waals surface area contributed by atoms with Gasteiger partial charge in [0.25, 0.3) is 5.91 Å². The van der Waals surface area contributed by atoms with Gasteiger partial charge in [0.05, 0.1) is 0 Å². The highest BCUT2D eigenvalue weighted by Crippen LogP contribution is 2.18. The van der Waals surface area contributed by atoms with Gasteiger partial charge in [-0.15, -0.1) is 0 Å². The van der Waals surface area contributed by atoms with Crippen LogP contribution in [0.2, 0.25) is 5.15 Å². The number of nitrogens with one attached hydrogen (secondary N) is 2. The third-order valence-electron chi connectivity index (χ3n) is 3.26. The number of hydrogen-bond acceptors (Lipinski definition) is 3. The second-order valence-corrected chi connectivity index (χ2v) is 5.60. The third-order valence-corrected chi connectivity index (χ3v) is 3.45. The molecule has 6 heteroatoms. The van der Waals surface area contributed by atoms with E-state index in [4.69, 9.17) is 11.6 Å². The molecule has 0 aliphatic carbocycles. The normalized spacial score (nSPS) is 18.8. The summed E-state index contributed by atoms with van der Waals surface area (Å²) in [6.45, 7) is 4.63. The number of carbonyl (C=O) groups is 2. The summed E-state index contributed by atoms with van der Waals surface area (Å²) in [5, 5.41) is 5.77. The van der Waals surface area contributed by atoms with Crippen molar-refractivity contribution in [2.45, 2.75) is 38.6 Å². The Kier molecular flexibility index (Phi) is 4.60. The van der Waals surface area contributed by atoms with Gasteiger partial charge in [0, 0.05) is 17.8 Å². The minimum atomic E-state index is -0.467. The average Bonchev–Trinajstić information content (AvgIpc) is 2.40. The van der Waals surface area contributed by atoms with E-state index in [1.54, 1.807) is 6.07 Å². The fourth-order valence-corrected chi connectivity index (χ4v) is 2.31. The maximum absolute atomic E-state index is 12.2. The van der Waals surface area contributed by atoms with Crippen molar-refractivity contribution in [3.8, 4) is 0 Å². The van der Waals surface area contributed by atoms with Gasteiger partial charge >= 0.3 is 0 Å². The van der Waals surface area contributed by atoms with E-state index < -0.39 is 6.04 Å². The number of carbonyl (C=O) groups excluding carboxylic acids is 2. The predicted octanol–water partition coefficient (Wildman–Crippen LogP) is 1.87. The number of rotatable bonds is 3. The van der Waals surface area contributed by atoms with Crippen molar-refractivity contribution in [3.05, 3.63) is 28.5 Å². The number of nitrogens with zero attached hydrogens (tertiary/aromatic N) is 1. The van der Waals surface area contributed by atoms with Crippen LogP contribution in [0, 0.1) is 0 Å². The standard InChI is InChI=1S/C14H18ClN3O2/c1-8(2)11-6-9(7-12(15)17-11)13(19)18-10-4-3-5-16-14(10)20/h6-8,10H,3-5H2,1-2H3,(H,16,20)(H,18,19). The molecule has 108 valence electrons. The SMILES string of the molecule is CC(C)c1cc(C(=O)NC2CCCNC2=O)cc(Cl)n1. The maximum atomic E-state index is 12.2. The molecular formula is C14H18ClN3O2. The molecule has 1 atom stereocenters. The Morgan fingerprint density at radius 1 is 1.50 bits per heavy atom. The summed E-state index contributed by atoms with van der Waals surface area (Å²) in [7, 11) is 0. The van der Waals surface area contributed by atoms with Gasteiger partial charge in [0.1, 0.15) is 11.2 Å². The fraction of sp³-hybridized carbons (Fsp3) is 0.500. The van der Waals surface area contributed by atoms with Crippen molar-refractivity contribution in [1.82, 2.24) is 15.6 Å². The van der Waals surface area contributed by atoms with Crippen LogP contribution in [0.25, 0.3) is 0 Å². The zero-order chi connectivity index (χ0) is 14.7. The van der Waals surface area contributed by atoms with Gasteiger partial charge in [0.2, 0.25) is 5.91 Å². The quantitative estimate of drug-likeness (QED) is 0.836. The lowest BCUT2D eigenvalue weighted by atomic mass is 10.0. The van der Waals surface area contributed by atoms with Gasteiger partial charge in [-0.3, -0.25) is 9.59 Å². The molecule has 0 aromatic carbocycles. The first-order valence-electron chi connectivity index (χ1n) is 6.73. The molecule has 1 fully saturated rings. The highest BCUT2D eigenvalue weighted by Gasteiger charge is 2.24. The molecule has 1 saturated heterocycles. The Bertz CT molecular complexity index is 531. The third kappa shape index (κ3) is 3.48. The first-order chi connectivity index (χ1) is 9.47. The number of piperidine rings is 1. The molecule has 0 saturated carbocycles. The van der Waals surface area contributed by atoms with Gasteiger partial charge in [-0.05, 0) is 30.9 Å². The highest BCUT2D eigenvalue weighted by molar-refractivity contribution is 6.29. The van der Waals surface area contributed by atoms with Gasteiger partial charge < -0.3 is 10.6 Å². The number of halogens is 1. The van der Waals surface area contributed by atoms with Crippen molar-refractivity contribution in [1.29, 1.82) is 0 Å². The van der Waals surface area contributed by atoms with E-state index >= 15 is 0 Å². The minimum Gasteiger partial charge on any atom is -0.354 e. The monoisotopic (exact) mass is 295 g/mol. The molecule has 2 rings (SSSR count). The average molecular weight is 296 g/mol. The predicted molar refractivity (Wildman–Crippen MR) is 76.8 cm³/mol. The van der Waals surface area contributed by atoms with Crippen LogP contribution in [0.4, 0.5) is 0 Å². The van der Waals surface area contributed by atoms with E-state index in [0.717, 1.165) is 12.1 Å². The fourth-order valence-electron chi connectivity index (χ4n) is 2.10. The molecule has 0 spiro atoms. The lowest BCUT2D eigenvalue weighted by molar-refractivity contribution is -0.124. The number of pyridine rings is 1. The smallest absolute Gasteiger partial charge is 0.252 e. The summed E-state index contributed by atoms with van der Waals surface area (Å²) >= 11 is 5.94. The molecule has 0 radical (unpaired) electrons. The summed E-state index contributed by atoms with van der Waals surface area (Å²) in [5.74, 6) is -0.245. The largest absolute Gasteiger partial charge is 0.354 e. The van der Waals surface area contributed by atoms with Crippen LogP contribution >= 0.6 is 11.6 Å². The van der Waals surface area contributed by atoms with Crippen molar-refractivity contribution in [3.63, 3.8) is 0 Å². The van der Waals surface area contributed by atoms with E-state index in [1.165, 1.54) is 6.07 Å². The summed E-state index contributed by atoms with van der Waals surface area (Å²) in [5.41, 5.74) is 1.20. The Balaban J connectivity index is 2.14. The number of hydrogen-bond donors (Lipinski definition) is 2. The van der Waals surface area contributed by atoms with Crippen LogP contribution in [-0.4, -0.2) is 29.4 Å². The van der Waals surface area contributed by atoms with Crippen LogP contribution in [0.5, 0.6) is 0 Å². The van der Waals surface area contributed by atoms with E-state index in [-0.39, 0.29) is 22.9 Å². The second-order valence-electron chi connectivity index (χ2n) is 5.22. The van der Waals surface area contributed by atoms with Gasteiger partial charge in [-0.2, -0.15) is 0 Å². The second kappa shape index (κ2) is 6.22. The first kappa shape index (κ1) is 14.8. The minimum absolute atomic E-state index is 0.131. The molecule has 20 heavy (non-hydrogen) atoms. The Hall–Kier alpha value is -1.62. The lowest BCUT2D eigenvalue weighted by Gasteiger charge is -2.22. The molecule has 1 aliphatic rings. The highest BCUT2D eigenvalue weighted by atomic mass is 35.5. The van der Waals surface area contributed by atoms with E-state index in [9.17, 15) is 9.59 Å². The molecule has 0 bridgehead atoms. The summed E-state index contributed by atoms with van der Waals surface area (Å²) in [4.78, 5) is 28.0. The molecular weight excluding hydrogens is 278 g/mol. The van der Waals surface area contributed by atoms with E-state index in [2.05, 4.69) is 15.6 Å². The summed E-state index contributed by atoms with van der Waals surface area (Å²) in [6, 6.07) is 2.77. The van der Waals surface area contributed by atoms with E-state index in [0.29, 0.717) is 18.5 Å². The molecule has 2 amide bonds. The van der Waals surface area contributed by atoms with Crippen molar-refractivity contribution in [2.24, 2.45) is 0 Å². The molecule has 1 aliphatic heterocycles. The Morgan fingerprint density at radius 2 is 2.25 bits per heavy atom. The summed E-state index contributed by atoms with van der Waals surface area (Å²) in [6.07, 6.45) is 1.53. The Labute approximate surface area is 123 Å². The zero-order valence-electron chi connectivity index (χ0n) is 11.6. The van der Waals surface area contributed by atoms with Crippen LogP contribution in [0.3, 0.4) is 0 Å². The summed E-state index contributed by atoms with van der Waals surface area (Å²) < 4.78 is 0. The molecule has 5 nitrogen and oxygen atoms in total. The first-order valence-corrected chi connectivity index (χ1v) is 7.11. The Morgan fingerprint density at radius 3 is 2.90 bits per heavy atom. The van der Waals surface area contributed by atoms with Gasteiger partial charge in [0.15, 0.2) is 0 Å². The molecule has 2 heterocycles. The van der Waals surface area contributed by atoms with Crippen molar-refractivity contribution >= 4 is 23.4 Å².